The summed E-state index contributed by atoms with van der Waals surface area (Å²) in [5, 5.41) is 17.4. The quantitative estimate of drug-likeness (QED) is 0.742. The Morgan fingerprint density at radius 3 is 2.67 bits per heavy atom. The summed E-state index contributed by atoms with van der Waals surface area (Å²) < 4.78 is 1.45. The largest absolute Gasteiger partial charge is 0.388 e. The molecule has 1 atom stereocenters. The number of nitrogens with zero attached hydrogens (tertiary/aromatic N) is 4. The van der Waals surface area contributed by atoms with Gasteiger partial charge < -0.3 is 10.4 Å². The zero-order valence-electron chi connectivity index (χ0n) is 12.5. The van der Waals surface area contributed by atoms with Gasteiger partial charge in [-0.05, 0) is 23.8 Å². The van der Waals surface area contributed by atoms with E-state index in [4.69, 9.17) is 11.6 Å². The molecule has 0 spiro atoms. The fourth-order valence-corrected chi connectivity index (χ4v) is 2.22. The molecule has 1 amide bonds. The third kappa shape index (κ3) is 3.95. The number of aliphatic hydroxyl groups excluding tert-OH is 1. The van der Waals surface area contributed by atoms with Gasteiger partial charge in [0.05, 0.1) is 30.6 Å². The number of benzene rings is 1. The molecule has 3 rings (SSSR count). The Balaban J connectivity index is 1.61. The van der Waals surface area contributed by atoms with Gasteiger partial charge >= 0.3 is 0 Å². The Morgan fingerprint density at radius 1 is 1.25 bits per heavy atom. The number of rotatable bonds is 5. The van der Waals surface area contributed by atoms with Gasteiger partial charge in [0.1, 0.15) is 0 Å². The molecule has 1 aromatic carbocycles. The Labute approximate surface area is 142 Å². The first kappa shape index (κ1) is 16.1. The van der Waals surface area contributed by atoms with Crippen LogP contribution in [0.2, 0.25) is 5.02 Å². The summed E-state index contributed by atoms with van der Waals surface area (Å²) in [5.41, 5.74) is 1.12. The summed E-state index contributed by atoms with van der Waals surface area (Å²) in [6.07, 6.45) is 5.31. The number of halogens is 1. The highest BCUT2D eigenvalue weighted by Crippen LogP contribution is 2.20. The van der Waals surface area contributed by atoms with Crippen molar-refractivity contribution in [3.63, 3.8) is 0 Å². The molecule has 2 N–H and O–H groups in total. The molecule has 0 saturated heterocycles. The number of aliphatic hydroxyl groups is 1. The molecule has 0 bridgehead atoms. The van der Waals surface area contributed by atoms with Gasteiger partial charge in [0, 0.05) is 17.4 Å². The molecular weight excluding hydrogens is 330 g/mol. The van der Waals surface area contributed by atoms with E-state index in [9.17, 15) is 9.90 Å². The van der Waals surface area contributed by atoms with Crippen LogP contribution in [0.25, 0.3) is 5.95 Å². The van der Waals surface area contributed by atoms with Crippen LogP contribution >= 0.6 is 11.6 Å². The standard InChI is InChI=1S/C16H14ClN5O2/c17-12-4-2-11(3-5-12)14(23)8-15(24)21-13-9-20-22(10-13)16-18-6-1-7-19-16/h1-7,9-10,14,23H,8H2,(H,21,24). The molecule has 0 radical (unpaired) electrons. The first-order valence-corrected chi connectivity index (χ1v) is 7.55. The monoisotopic (exact) mass is 343 g/mol. The fourth-order valence-electron chi connectivity index (χ4n) is 2.10. The molecule has 8 heteroatoms. The van der Waals surface area contributed by atoms with Gasteiger partial charge in [-0.3, -0.25) is 4.79 Å². The number of anilines is 1. The predicted octanol–water partition coefficient (Wildman–Crippen LogP) is 2.38. The van der Waals surface area contributed by atoms with Crippen LogP contribution in [0.3, 0.4) is 0 Å². The van der Waals surface area contributed by atoms with E-state index in [1.165, 1.54) is 10.9 Å². The van der Waals surface area contributed by atoms with E-state index in [2.05, 4.69) is 20.4 Å². The van der Waals surface area contributed by atoms with Crippen molar-refractivity contribution in [1.29, 1.82) is 0 Å². The summed E-state index contributed by atoms with van der Waals surface area (Å²) >= 11 is 5.80. The van der Waals surface area contributed by atoms with Crippen molar-refractivity contribution in [2.45, 2.75) is 12.5 Å². The fraction of sp³-hybridized carbons (Fsp3) is 0.125. The second-order valence-corrected chi connectivity index (χ2v) is 5.48. The van der Waals surface area contributed by atoms with E-state index in [-0.39, 0.29) is 12.3 Å². The minimum absolute atomic E-state index is 0.0748. The van der Waals surface area contributed by atoms with Crippen LogP contribution in [-0.4, -0.2) is 30.8 Å². The molecular formula is C16H14ClN5O2. The second kappa shape index (κ2) is 7.20. The Morgan fingerprint density at radius 2 is 1.96 bits per heavy atom. The third-order valence-electron chi connectivity index (χ3n) is 3.26. The smallest absolute Gasteiger partial charge is 0.250 e. The molecule has 122 valence electrons. The highest BCUT2D eigenvalue weighted by Gasteiger charge is 2.14. The lowest BCUT2D eigenvalue weighted by Crippen LogP contribution is -2.15. The van der Waals surface area contributed by atoms with Gasteiger partial charge in [0.2, 0.25) is 11.9 Å². The topological polar surface area (TPSA) is 92.9 Å². The average Bonchev–Trinajstić information content (AvgIpc) is 3.04. The minimum atomic E-state index is -0.908. The number of amides is 1. The van der Waals surface area contributed by atoms with Crippen LogP contribution < -0.4 is 5.32 Å². The predicted molar refractivity (Wildman–Crippen MR) is 88.8 cm³/mol. The molecule has 1 unspecified atom stereocenters. The van der Waals surface area contributed by atoms with E-state index in [1.54, 1.807) is 48.9 Å². The summed E-state index contributed by atoms with van der Waals surface area (Å²) in [6, 6.07) is 8.41. The Kier molecular flexibility index (Phi) is 4.83. The van der Waals surface area contributed by atoms with Crippen molar-refractivity contribution < 1.29 is 9.90 Å². The third-order valence-corrected chi connectivity index (χ3v) is 3.51. The van der Waals surface area contributed by atoms with Crippen molar-refractivity contribution in [3.05, 3.63) is 65.7 Å². The number of hydrogen-bond acceptors (Lipinski definition) is 5. The summed E-state index contributed by atoms with van der Waals surface area (Å²) in [5.74, 6) is 0.0742. The van der Waals surface area contributed by atoms with E-state index in [0.29, 0.717) is 22.2 Å². The molecule has 0 fully saturated rings. The first-order chi connectivity index (χ1) is 11.6. The van der Waals surface area contributed by atoms with Gasteiger partial charge in [-0.2, -0.15) is 5.10 Å². The average molecular weight is 344 g/mol. The van der Waals surface area contributed by atoms with Gasteiger partial charge in [-0.25, -0.2) is 14.6 Å². The lowest BCUT2D eigenvalue weighted by molar-refractivity contribution is -0.118. The van der Waals surface area contributed by atoms with Crippen LogP contribution in [0.4, 0.5) is 5.69 Å². The zero-order chi connectivity index (χ0) is 16.9. The number of aromatic nitrogens is 4. The lowest BCUT2D eigenvalue weighted by atomic mass is 10.1. The maximum atomic E-state index is 12.0. The number of hydrogen-bond donors (Lipinski definition) is 2. The van der Waals surface area contributed by atoms with Gasteiger partial charge in [0.15, 0.2) is 0 Å². The van der Waals surface area contributed by atoms with Crippen LogP contribution in [0.5, 0.6) is 0 Å². The van der Waals surface area contributed by atoms with Crippen LogP contribution in [-0.2, 0) is 4.79 Å². The molecule has 0 aliphatic heterocycles. The van der Waals surface area contributed by atoms with Gasteiger partial charge in [-0.15, -0.1) is 0 Å². The molecule has 3 aromatic rings. The molecule has 7 nitrogen and oxygen atoms in total. The van der Waals surface area contributed by atoms with E-state index in [1.807, 2.05) is 0 Å². The second-order valence-electron chi connectivity index (χ2n) is 5.04. The van der Waals surface area contributed by atoms with Crippen molar-refractivity contribution in [2.75, 3.05) is 5.32 Å². The lowest BCUT2D eigenvalue weighted by Gasteiger charge is -2.10. The van der Waals surface area contributed by atoms with Crippen LogP contribution in [0.15, 0.2) is 55.1 Å². The number of carbonyl (C=O) groups excluding carboxylic acids is 1. The molecule has 0 saturated carbocycles. The van der Waals surface area contributed by atoms with Gasteiger partial charge in [0.25, 0.3) is 0 Å². The number of carbonyl (C=O) groups is 1. The summed E-state index contributed by atoms with van der Waals surface area (Å²) in [6.45, 7) is 0. The zero-order valence-corrected chi connectivity index (χ0v) is 13.3. The van der Waals surface area contributed by atoms with Crippen molar-refractivity contribution in [1.82, 2.24) is 19.7 Å². The molecule has 2 aromatic heterocycles. The Bertz CT molecular complexity index is 820. The molecule has 24 heavy (non-hydrogen) atoms. The van der Waals surface area contributed by atoms with Crippen LogP contribution in [0, 0.1) is 0 Å². The summed E-state index contributed by atoms with van der Waals surface area (Å²) in [4.78, 5) is 20.2. The SMILES string of the molecule is O=C(CC(O)c1ccc(Cl)cc1)Nc1cnn(-c2ncccn2)c1. The van der Waals surface area contributed by atoms with E-state index < -0.39 is 6.10 Å². The maximum Gasteiger partial charge on any atom is 0.250 e. The maximum absolute atomic E-state index is 12.0. The minimum Gasteiger partial charge on any atom is -0.388 e. The highest BCUT2D eigenvalue weighted by atomic mass is 35.5. The molecule has 0 aliphatic rings. The van der Waals surface area contributed by atoms with E-state index in [0.717, 1.165) is 0 Å². The van der Waals surface area contributed by atoms with Crippen LogP contribution in [0.1, 0.15) is 18.1 Å². The molecule has 0 aliphatic carbocycles. The number of nitrogens with one attached hydrogen (secondary N) is 1. The Hall–Kier alpha value is -2.77. The summed E-state index contributed by atoms with van der Waals surface area (Å²) in [7, 11) is 0. The normalized spacial score (nSPS) is 11.9. The van der Waals surface area contributed by atoms with Crippen molar-refractivity contribution in [2.24, 2.45) is 0 Å². The van der Waals surface area contributed by atoms with Crippen molar-refractivity contribution in [3.8, 4) is 5.95 Å². The van der Waals surface area contributed by atoms with Gasteiger partial charge in [-0.1, -0.05) is 23.7 Å². The molecule has 2 heterocycles. The van der Waals surface area contributed by atoms with Crippen molar-refractivity contribution >= 4 is 23.2 Å². The first-order valence-electron chi connectivity index (χ1n) is 7.17. The van der Waals surface area contributed by atoms with E-state index >= 15 is 0 Å². The highest BCUT2D eigenvalue weighted by molar-refractivity contribution is 6.30.